The third kappa shape index (κ3) is 4.27. The number of amides is 1. The average molecular weight is 433 g/mol. The minimum absolute atomic E-state index is 0.158. The highest BCUT2D eigenvalue weighted by Crippen LogP contribution is 2.35. The number of aliphatic carboxylic acids is 1. The van der Waals surface area contributed by atoms with Gasteiger partial charge in [-0.3, -0.25) is 9.59 Å². The maximum atomic E-state index is 13.2. The van der Waals surface area contributed by atoms with E-state index in [-0.39, 0.29) is 12.3 Å². The predicted octanol–water partition coefficient (Wildman–Crippen LogP) is 2.30. The number of fused-ring (bicyclic) bond motifs is 1. The summed E-state index contributed by atoms with van der Waals surface area (Å²) in [6.45, 7) is 4.42. The second-order valence-electron chi connectivity index (χ2n) is 8.40. The molecule has 3 atom stereocenters. The molecule has 3 unspecified atom stereocenters. The van der Waals surface area contributed by atoms with Crippen LogP contribution >= 0.6 is 0 Å². The second-order valence-corrected chi connectivity index (χ2v) is 8.40. The van der Waals surface area contributed by atoms with Gasteiger partial charge in [0.2, 0.25) is 5.60 Å². The Labute approximate surface area is 179 Å². The van der Waals surface area contributed by atoms with Gasteiger partial charge in [0.05, 0.1) is 18.2 Å². The molecule has 31 heavy (non-hydrogen) atoms. The van der Waals surface area contributed by atoms with E-state index >= 15 is 0 Å². The Morgan fingerprint density at radius 3 is 2.68 bits per heavy atom. The summed E-state index contributed by atoms with van der Waals surface area (Å²) in [5.74, 6) is -2.21. The first-order valence-electron chi connectivity index (χ1n) is 10.2. The molecule has 0 radical (unpaired) electrons. The van der Waals surface area contributed by atoms with E-state index in [1.54, 1.807) is 13.8 Å². The number of aryl methyl sites for hydroxylation is 2. The zero-order chi connectivity index (χ0) is 22.9. The Kier molecular flexibility index (Phi) is 6.35. The first-order valence-corrected chi connectivity index (χ1v) is 10.2. The number of benzene rings is 1. The van der Waals surface area contributed by atoms with E-state index in [9.17, 15) is 19.1 Å². The molecular weight excluding hydrogens is 405 g/mol. The highest BCUT2D eigenvalue weighted by atomic mass is 19.1. The molecule has 0 saturated heterocycles. The van der Waals surface area contributed by atoms with Crippen molar-refractivity contribution in [3.05, 3.63) is 35.5 Å². The van der Waals surface area contributed by atoms with Crippen LogP contribution in [0.4, 0.5) is 4.39 Å². The SMILES string of the molecule is Cc1ccc2c(c1)cc(C1=NOC(C(=O)NC(CC(=O)O)C(O)CF)(C(C)C)C1)n2C. The van der Waals surface area contributed by atoms with Gasteiger partial charge in [0.15, 0.2) is 0 Å². The lowest BCUT2D eigenvalue weighted by Crippen LogP contribution is -2.56. The normalized spacial score (nSPS) is 20.4. The topological polar surface area (TPSA) is 113 Å². The number of rotatable bonds is 8. The van der Waals surface area contributed by atoms with Gasteiger partial charge in [-0.2, -0.15) is 0 Å². The summed E-state index contributed by atoms with van der Waals surface area (Å²) >= 11 is 0. The van der Waals surface area contributed by atoms with Crippen LogP contribution in [0.15, 0.2) is 29.4 Å². The molecule has 0 bridgehead atoms. The van der Waals surface area contributed by atoms with Gasteiger partial charge in [0.1, 0.15) is 18.5 Å². The van der Waals surface area contributed by atoms with E-state index in [1.807, 2.05) is 36.7 Å². The molecule has 1 aromatic heterocycles. The summed E-state index contributed by atoms with van der Waals surface area (Å²) in [7, 11) is 1.91. The van der Waals surface area contributed by atoms with E-state index in [0.29, 0.717) is 5.71 Å². The molecular formula is C22H28FN3O5. The molecule has 1 aromatic carbocycles. The fraction of sp³-hybridized carbons (Fsp3) is 0.500. The first kappa shape index (κ1) is 22.7. The lowest BCUT2D eigenvalue weighted by Gasteiger charge is -2.32. The number of hydrogen-bond donors (Lipinski definition) is 3. The molecule has 0 spiro atoms. The van der Waals surface area contributed by atoms with Gasteiger partial charge in [-0.15, -0.1) is 0 Å². The summed E-state index contributed by atoms with van der Waals surface area (Å²) in [5, 5.41) is 26.6. The van der Waals surface area contributed by atoms with Crippen molar-refractivity contribution in [2.24, 2.45) is 18.1 Å². The number of nitrogens with zero attached hydrogens (tertiary/aromatic N) is 2. The molecule has 2 aromatic rings. The maximum absolute atomic E-state index is 13.2. The van der Waals surface area contributed by atoms with Gasteiger partial charge in [-0.25, -0.2) is 4.39 Å². The monoisotopic (exact) mass is 433 g/mol. The van der Waals surface area contributed by atoms with Gasteiger partial charge >= 0.3 is 5.97 Å². The van der Waals surface area contributed by atoms with Crippen LogP contribution in [-0.4, -0.2) is 56.8 Å². The minimum Gasteiger partial charge on any atom is -0.481 e. The van der Waals surface area contributed by atoms with Crippen LogP contribution in [0.2, 0.25) is 0 Å². The molecule has 0 fully saturated rings. The number of aromatic nitrogens is 1. The fourth-order valence-electron chi connectivity index (χ4n) is 3.90. The number of carbonyl (C=O) groups excluding carboxylic acids is 1. The molecule has 168 valence electrons. The van der Waals surface area contributed by atoms with E-state index < -0.39 is 42.7 Å². The van der Waals surface area contributed by atoms with Gasteiger partial charge in [0.25, 0.3) is 5.91 Å². The quantitative estimate of drug-likeness (QED) is 0.591. The molecule has 1 aliphatic rings. The van der Waals surface area contributed by atoms with Crippen molar-refractivity contribution in [1.29, 1.82) is 0 Å². The van der Waals surface area contributed by atoms with Crippen molar-refractivity contribution >= 4 is 28.5 Å². The minimum atomic E-state index is -1.63. The van der Waals surface area contributed by atoms with Crippen LogP contribution in [0.3, 0.4) is 0 Å². The number of carbonyl (C=O) groups is 2. The third-order valence-electron chi connectivity index (χ3n) is 5.89. The van der Waals surface area contributed by atoms with Crippen LogP contribution < -0.4 is 5.32 Å². The van der Waals surface area contributed by atoms with Gasteiger partial charge in [-0.1, -0.05) is 30.6 Å². The standard InChI is InChI=1S/C22H28FN3O5/c1-12(2)22(21(30)24-15(9-20(28)29)19(27)11-23)10-16(25-31-22)18-8-14-7-13(3)5-6-17(14)26(18)4/h5-8,12,15,19,27H,9-11H2,1-4H3,(H,24,30)(H,28,29). The number of oxime groups is 1. The number of halogens is 1. The summed E-state index contributed by atoms with van der Waals surface area (Å²) in [5.41, 5.74) is 2.14. The molecule has 0 aliphatic carbocycles. The van der Waals surface area contributed by atoms with Crippen LogP contribution in [-0.2, 0) is 21.5 Å². The summed E-state index contributed by atoms with van der Waals surface area (Å²) in [4.78, 5) is 29.9. The lowest BCUT2D eigenvalue weighted by molar-refractivity contribution is -0.152. The van der Waals surface area contributed by atoms with Gasteiger partial charge < -0.3 is 24.9 Å². The molecule has 8 nitrogen and oxygen atoms in total. The Morgan fingerprint density at radius 2 is 2.06 bits per heavy atom. The van der Waals surface area contributed by atoms with E-state index in [1.165, 1.54) is 0 Å². The lowest BCUT2D eigenvalue weighted by atomic mass is 9.84. The van der Waals surface area contributed by atoms with Crippen molar-refractivity contribution in [3.63, 3.8) is 0 Å². The smallest absolute Gasteiger partial charge is 0.305 e. The number of nitrogens with one attached hydrogen (secondary N) is 1. The zero-order valence-corrected chi connectivity index (χ0v) is 18.1. The van der Waals surface area contributed by atoms with Crippen LogP contribution in [0.25, 0.3) is 10.9 Å². The Morgan fingerprint density at radius 1 is 1.35 bits per heavy atom. The van der Waals surface area contributed by atoms with Crippen LogP contribution in [0.5, 0.6) is 0 Å². The van der Waals surface area contributed by atoms with E-state index in [4.69, 9.17) is 9.94 Å². The van der Waals surface area contributed by atoms with Gasteiger partial charge in [0, 0.05) is 30.3 Å². The molecule has 2 heterocycles. The number of carboxylic acid groups (broad SMARTS) is 1. The fourth-order valence-corrected chi connectivity index (χ4v) is 3.90. The molecule has 3 rings (SSSR count). The van der Waals surface area contributed by atoms with Crippen molar-refractivity contribution in [3.8, 4) is 0 Å². The Hall–Kier alpha value is -2.94. The molecule has 3 N–H and O–H groups in total. The number of carboxylic acids is 1. The van der Waals surface area contributed by atoms with Crippen molar-refractivity contribution < 1.29 is 29.0 Å². The highest BCUT2D eigenvalue weighted by Gasteiger charge is 2.50. The third-order valence-corrected chi connectivity index (χ3v) is 5.89. The molecule has 0 saturated carbocycles. The Bertz CT molecular complexity index is 1030. The zero-order valence-electron chi connectivity index (χ0n) is 18.1. The first-order chi connectivity index (χ1) is 14.6. The summed E-state index contributed by atoms with van der Waals surface area (Å²) in [6.07, 6.45) is -2.08. The highest BCUT2D eigenvalue weighted by molar-refractivity contribution is 6.07. The number of aliphatic hydroxyl groups is 1. The summed E-state index contributed by atoms with van der Waals surface area (Å²) in [6, 6.07) is 6.80. The molecule has 9 heteroatoms. The Balaban J connectivity index is 1.87. The van der Waals surface area contributed by atoms with Crippen LogP contribution in [0.1, 0.15) is 37.9 Å². The van der Waals surface area contributed by atoms with Crippen molar-refractivity contribution in [2.45, 2.75) is 51.4 Å². The largest absolute Gasteiger partial charge is 0.481 e. The van der Waals surface area contributed by atoms with E-state index in [0.717, 1.165) is 22.2 Å². The van der Waals surface area contributed by atoms with Crippen molar-refractivity contribution in [2.75, 3.05) is 6.67 Å². The van der Waals surface area contributed by atoms with Crippen LogP contribution in [0, 0.1) is 12.8 Å². The maximum Gasteiger partial charge on any atom is 0.305 e. The van der Waals surface area contributed by atoms with Crippen molar-refractivity contribution in [1.82, 2.24) is 9.88 Å². The predicted molar refractivity (Wildman–Crippen MR) is 114 cm³/mol. The number of hydrogen-bond acceptors (Lipinski definition) is 5. The number of alkyl halides is 1. The van der Waals surface area contributed by atoms with E-state index in [2.05, 4.69) is 16.5 Å². The second kappa shape index (κ2) is 8.66. The average Bonchev–Trinajstić information content (AvgIpc) is 3.29. The summed E-state index contributed by atoms with van der Waals surface area (Å²) < 4.78 is 15.0. The number of aliphatic hydroxyl groups excluding tert-OH is 1. The molecule has 1 amide bonds. The van der Waals surface area contributed by atoms with Gasteiger partial charge in [-0.05, 0) is 25.1 Å². The molecule has 1 aliphatic heterocycles.